The van der Waals surface area contributed by atoms with Crippen LogP contribution in [0.4, 0.5) is 0 Å². The molecule has 0 atom stereocenters. The molecular formula is C20H18N2O6S. The number of hydrogen-bond donors (Lipinski definition) is 6. The molecule has 9 heteroatoms. The van der Waals surface area contributed by atoms with Gasteiger partial charge in [0.15, 0.2) is 23.0 Å². The Labute approximate surface area is 169 Å². The van der Waals surface area contributed by atoms with Gasteiger partial charge in [0.2, 0.25) is 0 Å². The van der Waals surface area contributed by atoms with Crippen molar-refractivity contribution in [1.82, 2.24) is 10.6 Å². The van der Waals surface area contributed by atoms with Gasteiger partial charge in [-0.3, -0.25) is 9.59 Å². The SMILES string of the molecule is O=C(NCc1ccc(O)c(O)c1)c1csc(C(=O)NCc2ccc(O)c(O)c2)c1. The molecule has 0 aliphatic rings. The van der Waals surface area contributed by atoms with Crippen LogP contribution in [0.15, 0.2) is 47.8 Å². The summed E-state index contributed by atoms with van der Waals surface area (Å²) in [6.07, 6.45) is 0. The Morgan fingerprint density at radius 1 is 0.724 bits per heavy atom. The fourth-order valence-corrected chi connectivity index (χ4v) is 3.29. The maximum absolute atomic E-state index is 12.3. The summed E-state index contributed by atoms with van der Waals surface area (Å²) >= 11 is 1.12. The third kappa shape index (κ3) is 4.96. The van der Waals surface area contributed by atoms with Crippen LogP contribution in [0.25, 0.3) is 0 Å². The molecule has 8 nitrogen and oxygen atoms in total. The molecular weight excluding hydrogens is 396 g/mol. The Balaban J connectivity index is 1.55. The number of carbonyl (C=O) groups is 2. The normalized spacial score (nSPS) is 10.5. The quantitative estimate of drug-likeness (QED) is 0.343. The largest absolute Gasteiger partial charge is 0.504 e. The van der Waals surface area contributed by atoms with Crippen LogP contribution in [-0.2, 0) is 13.1 Å². The number of thiophene rings is 1. The van der Waals surface area contributed by atoms with Gasteiger partial charge in [0, 0.05) is 18.5 Å². The summed E-state index contributed by atoms with van der Waals surface area (Å²) in [7, 11) is 0. The highest BCUT2D eigenvalue weighted by atomic mass is 32.1. The minimum Gasteiger partial charge on any atom is -0.504 e. The second kappa shape index (κ2) is 8.53. The van der Waals surface area contributed by atoms with Crippen molar-refractivity contribution in [3.8, 4) is 23.0 Å². The first-order valence-electron chi connectivity index (χ1n) is 8.50. The van der Waals surface area contributed by atoms with E-state index in [1.807, 2.05) is 0 Å². The van der Waals surface area contributed by atoms with Gasteiger partial charge in [-0.05, 0) is 41.5 Å². The Morgan fingerprint density at radius 3 is 1.76 bits per heavy atom. The maximum atomic E-state index is 12.3. The van der Waals surface area contributed by atoms with E-state index in [0.29, 0.717) is 21.6 Å². The molecule has 29 heavy (non-hydrogen) atoms. The number of carbonyl (C=O) groups excluding carboxylic acids is 2. The maximum Gasteiger partial charge on any atom is 0.261 e. The molecule has 0 spiro atoms. The summed E-state index contributed by atoms with van der Waals surface area (Å²) in [6.45, 7) is 0.296. The molecule has 1 aromatic heterocycles. The second-order valence-electron chi connectivity index (χ2n) is 6.21. The van der Waals surface area contributed by atoms with Gasteiger partial charge in [-0.1, -0.05) is 12.1 Å². The summed E-state index contributed by atoms with van der Waals surface area (Å²) in [6, 6.07) is 9.98. The summed E-state index contributed by atoms with van der Waals surface area (Å²) in [5.41, 5.74) is 1.55. The lowest BCUT2D eigenvalue weighted by Gasteiger charge is -2.06. The fraction of sp³-hybridized carbons (Fsp3) is 0.100. The Bertz CT molecular complexity index is 981. The highest BCUT2D eigenvalue weighted by molar-refractivity contribution is 7.12. The van der Waals surface area contributed by atoms with Gasteiger partial charge in [0.1, 0.15) is 0 Å². The van der Waals surface area contributed by atoms with E-state index in [0.717, 1.165) is 11.3 Å². The first-order chi connectivity index (χ1) is 13.8. The molecule has 0 saturated heterocycles. The van der Waals surface area contributed by atoms with Crippen LogP contribution in [0.3, 0.4) is 0 Å². The average Bonchev–Trinajstić information content (AvgIpc) is 3.20. The molecule has 2 aromatic carbocycles. The van der Waals surface area contributed by atoms with E-state index < -0.39 is 0 Å². The molecule has 150 valence electrons. The van der Waals surface area contributed by atoms with Crippen molar-refractivity contribution in [3.05, 3.63) is 69.4 Å². The smallest absolute Gasteiger partial charge is 0.261 e. The summed E-state index contributed by atoms with van der Waals surface area (Å²) in [5, 5.41) is 44.5. The summed E-state index contributed by atoms with van der Waals surface area (Å²) in [4.78, 5) is 24.9. The Hall–Kier alpha value is -3.72. The minimum absolute atomic E-state index is 0.147. The topological polar surface area (TPSA) is 139 Å². The van der Waals surface area contributed by atoms with Gasteiger partial charge in [-0.2, -0.15) is 0 Å². The van der Waals surface area contributed by atoms with E-state index in [1.165, 1.54) is 30.3 Å². The van der Waals surface area contributed by atoms with Crippen molar-refractivity contribution in [2.75, 3.05) is 0 Å². The number of aromatic hydroxyl groups is 4. The molecule has 0 fully saturated rings. The number of rotatable bonds is 6. The van der Waals surface area contributed by atoms with Crippen LogP contribution in [0.1, 0.15) is 31.2 Å². The molecule has 0 bridgehead atoms. The third-order valence-corrected chi connectivity index (χ3v) is 5.00. The van der Waals surface area contributed by atoms with Crippen LogP contribution in [0.2, 0.25) is 0 Å². The monoisotopic (exact) mass is 414 g/mol. The van der Waals surface area contributed by atoms with E-state index in [-0.39, 0.29) is 47.9 Å². The van der Waals surface area contributed by atoms with Crippen molar-refractivity contribution in [2.24, 2.45) is 0 Å². The molecule has 1 heterocycles. The number of amides is 2. The zero-order valence-electron chi connectivity index (χ0n) is 15.0. The molecule has 0 saturated carbocycles. The van der Waals surface area contributed by atoms with Crippen molar-refractivity contribution >= 4 is 23.2 Å². The number of benzene rings is 2. The molecule has 0 unspecified atom stereocenters. The van der Waals surface area contributed by atoms with Gasteiger partial charge in [0.05, 0.1) is 10.4 Å². The third-order valence-electron chi connectivity index (χ3n) is 4.07. The van der Waals surface area contributed by atoms with E-state index >= 15 is 0 Å². The van der Waals surface area contributed by atoms with Crippen molar-refractivity contribution in [1.29, 1.82) is 0 Å². The summed E-state index contributed by atoms with van der Waals surface area (Å²) in [5.74, 6) is -1.77. The number of nitrogens with one attached hydrogen (secondary N) is 2. The van der Waals surface area contributed by atoms with Gasteiger partial charge in [-0.25, -0.2) is 0 Å². The standard InChI is InChI=1S/C20H18N2O6S/c23-14-3-1-11(5-16(14)25)8-21-19(27)13-7-18(29-10-13)20(28)22-9-12-2-4-15(24)17(26)6-12/h1-7,10,23-26H,8-9H2,(H,21,27)(H,22,28). The van der Waals surface area contributed by atoms with Crippen LogP contribution >= 0.6 is 11.3 Å². The highest BCUT2D eigenvalue weighted by Crippen LogP contribution is 2.25. The fourth-order valence-electron chi connectivity index (χ4n) is 2.49. The number of hydrogen-bond acceptors (Lipinski definition) is 7. The van der Waals surface area contributed by atoms with Crippen LogP contribution in [-0.4, -0.2) is 32.2 Å². The predicted octanol–water partition coefficient (Wildman–Crippen LogP) is 2.43. The van der Waals surface area contributed by atoms with Gasteiger partial charge >= 0.3 is 0 Å². The lowest BCUT2D eigenvalue weighted by Crippen LogP contribution is -2.23. The highest BCUT2D eigenvalue weighted by Gasteiger charge is 2.14. The predicted molar refractivity (Wildman–Crippen MR) is 106 cm³/mol. The van der Waals surface area contributed by atoms with E-state index in [9.17, 15) is 30.0 Å². The first-order valence-corrected chi connectivity index (χ1v) is 9.38. The van der Waals surface area contributed by atoms with Crippen molar-refractivity contribution < 1.29 is 30.0 Å². The lowest BCUT2D eigenvalue weighted by molar-refractivity contribution is 0.0950. The molecule has 3 aromatic rings. The average molecular weight is 414 g/mol. The zero-order chi connectivity index (χ0) is 21.0. The zero-order valence-corrected chi connectivity index (χ0v) is 15.9. The molecule has 0 aliphatic heterocycles. The number of phenolic OH excluding ortho intramolecular Hbond substituents is 4. The van der Waals surface area contributed by atoms with Crippen molar-refractivity contribution in [3.63, 3.8) is 0 Å². The van der Waals surface area contributed by atoms with Crippen LogP contribution in [0, 0.1) is 0 Å². The molecule has 3 rings (SSSR count). The van der Waals surface area contributed by atoms with E-state index in [2.05, 4.69) is 10.6 Å². The minimum atomic E-state index is -0.378. The van der Waals surface area contributed by atoms with E-state index in [4.69, 9.17) is 0 Å². The van der Waals surface area contributed by atoms with Crippen molar-refractivity contribution in [2.45, 2.75) is 13.1 Å². The molecule has 0 radical (unpaired) electrons. The molecule has 0 aliphatic carbocycles. The Morgan fingerprint density at radius 2 is 1.24 bits per heavy atom. The van der Waals surface area contributed by atoms with Gasteiger partial charge < -0.3 is 31.1 Å². The molecule has 6 N–H and O–H groups in total. The summed E-state index contributed by atoms with van der Waals surface area (Å²) < 4.78 is 0. The second-order valence-corrected chi connectivity index (χ2v) is 7.12. The van der Waals surface area contributed by atoms with Crippen LogP contribution in [0.5, 0.6) is 23.0 Å². The first kappa shape index (κ1) is 20.0. The molecule has 2 amide bonds. The Kier molecular flexibility index (Phi) is 5.89. The number of phenols is 4. The van der Waals surface area contributed by atoms with Gasteiger partial charge in [-0.15, -0.1) is 11.3 Å². The van der Waals surface area contributed by atoms with Crippen LogP contribution < -0.4 is 10.6 Å². The van der Waals surface area contributed by atoms with E-state index in [1.54, 1.807) is 17.5 Å². The van der Waals surface area contributed by atoms with Gasteiger partial charge in [0.25, 0.3) is 11.8 Å². The lowest BCUT2D eigenvalue weighted by atomic mass is 10.2.